The summed E-state index contributed by atoms with van der Waals surface area (Å²) in [6, 6.07) is 6.59. The monoisotopic (exact) mass is 290 g/mol. The van der Waals surface area contributed by atoms with Crippen molar-refractivity contribution in [2.24, 2.45) is 5.73 Å². The summed E-state index contributed by atoms with van der Waals surface area (Å²) in [5.74, 6) is 0.694. The minimum atomic E-state index is -0.273. The normalized spacial score (nSPS) is 11.1. The summed E-state index contributed by atoms with van der Waals surface area (Å²) >= 11 is 1.37. The van der Waals surface area contributed by atoms with E-state index < -0.39 is 0 Å². The Morgan fingerprint density at radius 1 is 1.25 bits per heavy atom. The third kappa shape index (κ3) is 2.50. The van der Waals surface area contributed by atoms with Gasteiger partial charge in [-0.2, -0.15) is 0 Å². The van der Waals surface area contributed by atoms with Crippen LogP contribution in [0.5, 0.6) is 0 Å². The number of thioether (sulfide) groups is 1. The fourth-order valence-corrected chi connectivity index (χ4v) is 2.60. The Bertz CT molecular complexity index is 746. The molecule has 0 aliphatic carbocycles. The number of nitrogens with two attached hydrogens (primary N) is 1. The highest BCUT2D eigenvalue weighted by atomic mass is 32.2. The SMILES string of the molecule is NCc1nnc(SCc2ccc(F)c3cccnc23)o1. The van der Waals surface area contributed by atoms with Gasteiger partial charge in [-0.3, -0.25) is 4.98 Å². The van der Waals surface area contributed by atoms with E-state index in [1.807, 2.05) is 0 Å². The first-order valence-electron chi connectivity index (χ1n) is 5.95. The maximum atomic E-state index is 13.7. The number of pyridine rings is 1. The van der Waals surface area contributed by atoms with E-state index in [4.69, 9.17) is 10.2 Å². The summed E-state index contributed by atoms with van der Waals surface area (Å²) in [5, 5.41) is 8.61. The molecular weight excluding hydrogens is 279 g/mol. The van der Waals surface area contributed by atoms with Gasteiger partial charge in [0.1, 0.15) is 5.82 Å². The van der Waals surface area contributed by atoms with Crippen molar-refractivity contribution in [3.05, 3.63) is 47.7 Å². The molecule has 0 unspecified atom stereocenters. The minimum absolute atomic E-state index is 0.217. The standard InChI is InChI=1S/C13H11FN4OS/c14-10-4-3-8(12-9(10)2-1-5-16-12)7-20-13-18-17-11(6-15)19-13/h1-5H,6-7,15H2. The predicted molar refractivity (Wildman–Crippen MR) is 73.5 cm³/mol. The van der Waals surface area contributed by atoms with Gasteiger partial charge in [-0.1, -0.05) is 17.8 Å². The van der Waals surface area contributed by atoms with Crippen LogP contribution in [0.15, 0.2) is 40.1 Å². The van der Waals surface area contributed by atoms with Crippen LogP contribution in [0.3, 0.4) is 0 Å². The molecule has 1 aromatic carbocycles. The van der Waals surface area contributed by atoms with Crippen molar-refractivity contribution in [3.63, 3.8) is 0 Å². The minimum Gasteiger partial charge on any atom is -0.415 e. The molecule has 3 rings (SSSR count). The summed E-state index contributed by atoms with van der Waals surface area (Å²) in [6.45, 7) is 0.217. The Hall–Kier alpha value is -1.99. The second kappa shape index (κ2) is 5.56. The van der Waals surface area contributed by atoms with Crippen LogP contribution in [-0.2, 0) is 12.3 Å². The van der Waals surface area contributed by atoms with Gasteiger partial charge in [0.2, 0.25) is 5.89 Å². The highest BCUT2D eigenvalue weighted by Gasteiger charge is 2.10. The van der Waals surface area contributed by atoms with E-state index in [2.05, 4.69) is 15.2 Å². The highest BCUT2D eigenvalue weighted by molar-refractivity contribution is 7.98. The Labute approximate surface area is 118 Å². The van der Waals surface area contributed by atoms with Gasteiger partial charge in [-0.15, -0.1) is 10.2 Å². The molecule has 0 radical (unpaired) electrons. The second-order valence-electron chi connectivity index (χ2n) is 4.06. The van der Waals surface area contributed by atoms with Crippen molar-refractivity contribution >= 4 is 22.7 Å². The van der Waals surface area contributed by atoms with E-state index >= 15 is 0 Å². The van der Waals surface area contributed by atoms with Crippen LogP contribution < -0.4 is 5.73 Å². The summed E-state index contributed by atoms with van der Waals surface area (Å²) in [4.78, 5) is 4.24. The quantitative estimate of drug-likeness (QED) is 0.744. The van der Waals surface area contributed by atoms with Crippen molar-refractivity contribution in [2.45, 2.75) is 17.5 Å². The van der Waals surface area contributed by atoms with E-state index in [0.717, 1.165) is 5.56 Å². The molecule has 2 heterocycles. The van der Waals surface area contributed by atoms with E-state index in [1.54, 1.807) is 24.4 Å². The van der Waals surface area contributed by atoms with Gasteiger partial charge in [0.15, 0.2) is 0 Å². The first-order valence-corrected chi connectivity index (χ1v) is 6.94. The molecule has 102 valence electrons. The molecule has 0 atom stereocenters. The third-order valence-electron chi connectivity index (χ3n) is 2.77. The topological polar surface area (TPSA) is 77.8 Å². The number of aromatic nitrogens is 3. The van der Waals surface area contributed by atoms with Crippen LogP contribution in [0, 0.1) is 5.82 Å². The predicted octanol–water partition coefficient (Wildman–Crippen LogP) is 2.51. The van der Waals surface area contributed by atoms with E-state index in [1.165, 1.54) is 17.8 Å². The van der Waals surface area contributed by atoms with E-state index in [9.17, 15) is 4.39 Å². The molecule has 2 aromatic heterocycles. The summed E-state index contributed by atoms with van der Waals surface area (Å²) in [6.07, 6.45) is 1.65. The van der Waals surface area contributed by atoms with Gasteiger partial charge in [0.05, 0.1) is 12.1 Å². The molecule has 3 aromatic rings. The average Bonchev–Trinajstić information content (AvgIpc) is 2.95. The molecule has 20 heavy (non-hydrogen) atoms. The molecule has 2 N–H and O–H groups in total. The Morgan fingerprint density at radius 2 is 2.15 bits per heavy atom. The van der Waals surface area contributed by atoms with Gasteiger partial charge < -0.3 is 10.2 Å². The van der Waals surface area contributed by atoms with Gasteiger partial charge in [-0.25, -0.2) is 4.39 Å². The highest BCUT2D eigenvalue weighted by Crippen LogP contribution is 2.26. The van der Waals surface area contributed by atoms with Gasteiger partial charge in [0, 0.05) is 17.3 Å². The second-order valence-corrected chi connectivity index (χ2v) is 4.99. The summed E-state index contributed by atoms with van der Waals surface area (Å²) in [5.41, 5.74) is 6.97. The number of benzene rings is 1. The summed E-state index contributed by atoms with van der Waals surface area (Å²) < 4.78 is 19.0. The Balaban J connectivity index is 1.86. The lowest BCUT2D eigenvalue weighted by atomic mass is 10.1. The molecule has 0 fully saturated rings. The van der Waals surface area contributed by atoms with Gasteiger partial charge >= 0.3 is 0 Å². The molecular formula is C13H11FN4OS. The zero-order chi connectivity index (χ0) is 13.9. The fraction of sp³-hybridized carbons (Fsp3) is 0.154. The van der Waals surface area contributed by atoms with Crippen LogP contribution in [0.1, 0.15) is 11.5 Å². The number of hydrogen-bond acceptors (Lipinski definition) is 6. The van der Waals surface area contributed by atoms with E-state index in [0.29, 0.717) is 27.8 Å². The van der Waals surface area contributed by atoms with Crippen molar-refractivity contribution in [3.8, 4) is 0 Å². The molecule has 0 saturated carbocycles. The maximum Gasteiger partial charge on any atom is 0.276 e. The molecule has 0 bridgehead atoms. The van der Waals surface area contributed by atoms with Crippen molar-refractivity contribution < 1.29 is 8.81 Å². The first kappa shape index (κ1) is 13.0. The Kier molecular flexibility index (Phi) is 3.62. The van der Waals surface area contributed by atoms with Crippen LogP contribution >= 0.6 is 11.8 Å². The average molecular weight is 290 g/mol. The van der Waals surface area contributed by atoms with Crippen LogP contribution in [-0.4, -0.2) is 15.2 Å². The molecule has 7 heteroatoms. The van der Waals surface area contributed by atoms with Crippen molar-refractivity contribution in [2.75, 3.05) is 0 Å². The number of rotatable bonds is 4. The van der Waals surface area contributed by atoms with Crippen LogP contribution in [0.2, 0.25) is 0 Å². The number of halogens is 1. The van der Waals surface area contributed by atoms with E-state index in [-0.39, 0.29) is 12.4 Å². The zero-order valence-corrected chi connectivity index (χ0v) is 11.2. The zero-order valence-electron chi connectivity index (χ0n) is 10.4. The largest absolute Gasteiger partial charge is 0.415 e. The number of hydrogen-bond donors (Lipinski definition) is 1. The maximum absolute atomic E-state index is 13.7. The molecule has 0 amide bonds. The number of nitrogens with zero attached hydrogens (tertiary/aromatic N) is 3. The fourth-order valence-electron chi connectivity index (χ4n) is 1.83. The molecule has 0 saturated heterocycles. The smallest absolute Gasteiger partial charge is 0.276 e. The van der Waals surface area contributed by atoms with Crippen molar-refractivity contribution in [1.29, 1.82) is 0 Å². The molecule has 0 spiro atoms. The van der Waals surface area contributed by atoms with Crippen LogP contribution in [0.25, 0.3) is 10.9 Å². The lowest BCUT2D eigenvalue weighted by Crippen LogP contribution is -1.95. The molecule has 0 aliphatic heterocycles. The molecule has 5 nitrogen and oxygen atoms in total. The van der Waals surface area contributed by atoms with Crippen molar-refractivity contribution in [1.82, 2.24) is 15.2 Å². The van der Waals surface area contributed by atoms with Crippen LogP contribution in [0.4, 0.5) is 4.39 Å². The lowest BCUT2D eigenvalue weighted by molar-refractivity contribution is 0.415. The van der Waals surface area contributed by atoms with Gasteiger partial charge in [-0.05, 0) is 23.8 Å². The first-order chi connectivity index (χ1) is 9.78. The van der Waals surface area contributed by atoms with Gasteiger partial charge in [0.25, 0.3) is 5.22 Å². The lowest BCUT2D eigenvalue weighted by Gasteiger charge is -2.04. The summed E-state index contributed by atoms with van der Waals surface area (Å²) in [7, 11) is 0. The third-order valence-corrected chi connectivity index (χ3v) is 3.64. The Morgan fingerprint density at radius 3 is 2.95 bits per heavy atom. The number of fused-ring (bicyclic) bond motifs is 1. The molecule has 0 aliphatic rings.